The first-order valence-electron chi connectivity index (χ1n) is 6.30. The van der Waals surface area contributed by atoms with Crippen LogP contribution in [0.2, 0.25) is 0 Å². The second-order valence-corrected chi connectivity index (χ2v) is 6.04. The molecule has 0 radical (unpaired) electrons. The minimum atomic E-state index is -0.932. The second kappa shape index (κ2) is 5.93. The zero-order valence-electron chi connectivity index (χ0n) is 11.2. The summed E-state index contributed by atoms with van der Waals surface area (Å²) in [6.07, 6.45) is 1.28. The topological polar surface area (TPSA) is 83.6 Å². The van der Waals surface area contributed by atoms with Crippen molar-refractivity contribution in [2.75, 3.05) is 12.3 Å². The molecule has 0 aromatic rings. The van der Waals surface area contributed by atoms with Gasteiger partial charge in [0.2, 0.25) is 5.91 Å². The normalized spacial score (nSPS) is 24.3. The number of carbonyl (C=O) groups excluding carboxylic acids is 1. The number of hydrogen-bond donors (Lipinski definition) is 2. The van der Waals surface area contributed by atoms with E-state index in [0.717, 1.165) is 0 Å². The van der Waals surface area contributed by atoms with Gasteiger partial charge >= 0.3 is 5.97 Å². The minimum absolute atomic E-state index is 0.0948. The molecule has 0 aliphatic carbocycles. The van der Waals surface area contributed by atoms with Crippen LogP contribution in [0.5, 0.6) is 0 Å². The number of hydrogen-bond acceptors (Lipinski definition) is 4. The predicted molar refractivity (Wildman–Crippen MR) is 72.3 cm³/mol. The Labute approximate surface area is 112 Å². The average molecular weight is 274 g/mol. The molecule has 1 aliphatic rings. The maximum atomic E-state index is 12.7. The quantitative estimate of drug-likeness (QED) is 0.785. The molecule has 0 aromatic carbocycles. The standard InChI is InChI=1S/C12H22N2O3S/c1-4-12(5-2,7-13)11(17)14-8(3)18-6-9(14)10(15)16/h8-9H,4-7,13H2,1-3H3,(H,15,16). The van der Waals surface area contributed by atoms with Gasteiger partial charge in [0.1, 0.15) is 6.04 Å². The maximum Gasteiger partial charge on any atom is 0.327 e. The largest absolute Gasteiger partial charge is 0.480 e. The fourth-order valence-corrected chi connectivity index (χ4v) is 3.51. The Bertz CT molecular complexity index is 323. The Morgan fingerprint density at radius 3 is 2.39 bits per heavy atom. The molecule has 1 saturated heterocycles. The first kappa shape index (κ1) is 15.3. The summed E-state index contributed by atoms with van der Waals surface area (Å²) in [7, 11) is 0. The second-order valence-electron chi connectivity index (χ2n) is 4.69. The van der Waals surface area contributed by atoms with E-state index in [2.05, 4.69) is 0 Å². The number of rotatable bonds is 5. The van der Waals surface area contributed by atoms with E-state index in [1.54, 1.807) is 0 Å². The van der Waals surface area contributed by atoms with Gasteiger partial charge in [-0.3, -0.25) is 4.79 Å². The lowest BCUT2D eigenvalue weighted by atomic mass is 9.80. The molecule has 1 amide bonds. The molecule has 0 spiro atoms. The lowest BCUT2D eigenvalue weighted by molar-refractivity contribution is -0.154. The van der Waals surface area contributed by atoms with Crippen molar-refractivity contribution in [2.45, 2.75) is 45.0 Å². The highest BCUT2D eigenvalue weighted by atomic mass is 32.2. The molecule has 0 bridgehead atoms. The van der Waals surface area contributed by atoms with Crippen molar-refractivity contribution in [3.05, 3.63) is 0 Å². The Balaban J connectivity index is 3.02. The van der Waals surface area contributed by atoms with Crippen molar-refractivity contribution in [3.63, 3.8) is 0 Å². The molecule has 18 heavy (non-hydrogen) atoms. The summed E-state index contributed by atoms with van der Waals surface area (Å²) in [5.74, 6) is -0.589. The first-order chi connectivity index (χ1) is 8.43. The third-order valence-electron chi connectivity index (χ3n) is 3.94. The summed E-state index contributed by atoms with van der Waals surface area (Å²) in [5.41, 5.74) is 5.14. The number of nitrogens with zero attached hydrogens (tertiary/aromatic N) is 1. The molecule has 3 N–H and O–H groups in total. The Hall–Kier alpha value is -0.750. The van der Waals surface area contributed by atoms with Crippen molar-refractivity contribution in [3.8, 4) is 0 Å². The fraction of sp³-hybridized carbons (Fsp3) is 0.833. The predicted octanol–water partition coefficient (Wildman–Crippen LogP) is 1.13. The van der Waals surface area contributed by atoms with Crippen LogP contribution in [0.1, 0.15) is 33.6 Å². The van der Waals surface area contributed by atoms with Crippen molar-refractivity contribution >= 4 is 23.6 Å². The molecule has 2 unspecified atom stereocenters. The number of nitrogens with two attached hydrogens (primary N) is 1. The van der Waals surface area contributed by atoms with Gasteiger partial charge in [0.15, 0.2) is 0 Å². The molecule has 6 heteroatoms. The summed E-state index contributed by atoms with van der Waals surface area (Å²) in [4.78, 5) is 25.4. The van der Waals surface area contributed by atoms with Gasteiger partial charge in [-0.25, -0.2) is 4.79 Å². The number of carbonyl (C=O) groups is 2. The van der Waals surface area contributed by atoms with Gasteiger partial charge in [-0.05, 0) is 19.8 Å². The molecular formula is C12H22N2O3S. The minimum Gasteiger partial charge on any atom is -0.480 e. The Kier molecular flexibility index (Phi) is 5.04. The summed E-state index contributed by atoms with van der Waals surface area (Å²) in [6.45, 7) is 5.99. The highest BCUT2D eigenvalue weighted by Gasteiger charge is 2.46. The summed E-state index contributed by atoms with van der Waals surface area (Å²) >= 11 is 1.50. The van der Waals surface area contributed by atoms with Crippen molar-refractivity contribution in [1.82, 2.24) is 4.90 Å². The number of aliphatic carboxylic acids is 1. The number of carboxylic acids is 1. The van der Waals surface area contributed by atoms with Gasteiger partial charge in [0, 0.05) is 12.3 Å². The Morgan fingerprint density at radius 1 is 1.44 bits per heavy atom. The summed E-state index contributed by atoms with van der Waals surface area (Å²) in [6, 6.07) is -0.721. The smallest absolute Gasteiger partial charge is 0.327 e. The third kappa shape index (κ3) is 2.49. The van der Waals surface area contributed by atoms with Gasteiger partial charge < -0.3 is 15.7 Å². The molecule has 1 rings (SSSR count). The van der Waals surface area contributed by atoms with Crippen LogP contribution in [0.4, 0.5) is 0 Å². The molecule has 2 atom stereocenters. The highest BCUT2D eigenvalue weighted by Crippen LogP contribution is 2.36. The number of carboxylic acid groups (broad SMARTS) is 1. The lowest BCUT2D eigenvalue weighted by Gasteiger charge is -2.36. The van der Waals surface area contributed by atoms with Crippen molar-refractivity contribution < 1.29 is 14.7 Å². The van der Waals surface area contributed by atoms with Gasteiger partial charge in [-0.2, -0.15) is 0 Å². The van der Waals surface area contributed by atoms with Gasteiger partial charge in [0.05, 0.1) is 10.8 Å². The van der Waals surface area contributed by atoms with E-state index in [1.165, 1.54) is 16.7 Å². The average Bonchev–Trinajstić information content (AvgIpc) is 2.74. The van der Waals surface area contributed by atoms with E-state index in [-0.39, 0.29) is 17.8 Å². The zero-order valence-corrected chi connectivity index (χ0v) is 12.0. The van der Waals surface area contributed by atoms with Crippen molar-refractivity contribution in [2.24, 2.45) is 11.1 Å². The SMILES string of the molecule is CCC(CC)(CN)C(=O)N1C(C)SCC1C(=O)O. The van der Waals surface area contributed by atoms with Crippen LogP contribution in [-0.2, 0) is 9.59 Å². The zero-order chi connectivity index (χ0) is 13.9. The van der Waals surface area contributed by atoms with Gasteiger partial charge in [-0.1, -0.05) is 13.8 Å². The maximum absolute atomic E-state index is 12.7. The molecule has 1 heterocycles. The van der Waals surface area contributed by atoms with E-state index in [4.69, 9.17) is 5.73 Å². The van der Waals surface area contributed by atoms with Crippen LogP contribution in [0, 0.1) is 5.41 Å². The highest BCUT2D eigenvalue weighted by molar-refractivity contribution is 8.00. The van der Waals surface area contributed by atoms with E-state index in [1.807, 2.05) is 20.8 Å². The van der Waals surface area contributed by atoms with Crippen LogP contribution >= 0.6 is 11.8 Å². The molecule has 104 valence electrons. The van der Waals surface area contributed by atoms with Crippen LogP contribution in [0.25, 0.3) is 0 Å². The first-order valence-corrected chi connectivity index (χ1v) is 7.35. The summed E-state index contributed by atoms with van der Waals surface area (Å²) in [5, 5.41) is 9.10. The molecule has 0 aromatic heterocycles. The monoisotopic (exact) mass is 274 g/mol. The van der Waals surface area contributed by atoms with Crippen LogP contribution in [0.15, 0.2) is 0 Å². The lowest BCUT2D eigenvalue weighted by Crippen LogP contribution is -2.53. The van der Waals surface area contributed by atoms with E-state index in [0.29, 0.717) is 18.6 Å². The van der Waals surface area contributed by atoms with Crippen molar-refractivity contribution in [1.29, 1.82) is 0 Å². The molecule has 1 aliphatic heterocycles. The molecule has 1 fully saturated rings. The van der Waals surface area contributed by atoms with Crippen LogP contribution in [0.3, 0.4) is 0 Å². The Morgan fingerprint density at radius 2 is 2.00 bits per heavy atom. The van der Waals surface area contributed by atoms with Crippen LogP contribution < -0.4 is 5.73 Å². The number of amides is 1. The van der Waals surface area contributed by atoms with E-state index in [9.17, 15) is 14.7 Å². The molecule has 5 nitrogen and oxygen atoms in total. The fourth-order valence-electron chi connectivity index (χ4n) is 2.34. The molecular weight excluding hydrogens is 252 g/mol. The van der Waals surface area contributed by atoms with Gasteiger partial charge in [-0.15, -0.1) is 11.8 Å². The van der Waals surface area contributed by atoms with E-state index >= 15 is 0 Å². The van der Waals surface area contributed by atoms with E-state index < -0.39 is 17.4 Å². The van der Waals surface area contributed by atoms with Gasteiger partial charge in [0.25, 0.3) is 0 Å². The number of thioether (sulfide) groups is 1. The summed E-state index contributed by atoms with van der Waals surface area (Å²) < 4.78 is 0. The van der Waals surface area contributed by atoms with Crippen LogP contribution in [-0.4, -0.2) is 45.6 Å². The third-order valence-corrected chi connectivity index (χ3v) is 5.16. The molecule has 0 saturated carbocycles.